The number of aryl methyl sites for hydroxylation is 1. The third-order valence-electron chi connectivity index (χ3n) is 5.82. The van der Waals surface area contributed by atoms with Crippen LogP contribution in [0.2, 0.25) is 0 Å². The van der Waals surface area contributed by atoms with Gasteiger partial charge >= 0.3 is 0 Å². The van der Waals surface area contributed by atoms with Gasteiger partial charge < -0.3 is 20.1 Å². The van der Waals surface area contributed by atoms with Crippen molar-refractivity contribution >= 4 is 61.9 Å². The van der Waals surface area contributed by atoms with Crippen LogP contribution in [0.25, 0.3) is 20.9 Å². The Kier molecular flexibility index (Phi) is 6.93. The van der Waals surface area contributed by atoms with E-state index in [9.17, 15) is 4.79 Å². The van der Waals surface area contributed by atoms with Crippen LogP contribution in [0.15, 0.2) is 79.3 Å². The monoisotopic (exact) mass is 530 g/mol. The number of anilines is 3. The van der Waals surface area contributed by atoms with E-state index in [1.807, 2.05) is 67.3 Å². The Morgan fingerprint density at radius 1 is 1.08 bits per heavy atom. The number of aromatic nitrogens is 3. The van der Waals surface area contributed by atoms with Gasteiger partial charge in [-0.2, -0.15) is 0 Å². The van der Waals surface area contributed by atoms with Crippen molar-refractivity contribution in [3.8, 4) is 10.7 Å². The fraction of sp³-hybridized carbons (Fsp3) is 0.111. The summed E-state index contributed by atoms with van der Waals surface area (Å²) < 4.78 is 18.1. The van der Waals surface area contributed by atoms with Crippen LogP contribution in [0.3, 0.4) is 0 Å². The summed E-state index contributed by atoms with van der Waals surface area (Å²) in [5, 5.41) is 5.63. The van der Waals surface area contributed by atoms with E-state index in [1.54, 1.807) is 40.8 Å². The molecule has 1 amide bonds. The number of hydrogen-bond donors (Lipinski definition) is 2. The molecular formula is C27H23FN6OS2. The fourth-order valence-corrected chi connectivity index (χ4v) is 5.44. The van der Waals surface area contributed by atoms with Crippen molar-refractivity contribution in [2.45, 2.75) is 6.42 Å². The molecule has 0 radical (unpaired) electrons. The number of thiocarbonyl (C=S) groups is 1. The van der Waals surface area contributed by atoms with E-state index in [1.165, 1.54) is 6.07 Å². The van der Waals surface area contributed by atoms with E-state index in [0.29, 0.717) is 11.4 Å². The van der Waals surface area contributed by atoms with Crippen molar-refractivity contribution in [3.05, 3.63) is 90.6 Å². The second-order valence-corrected chi connectivity index (χ2v) is 9.87. The van der Waals surface area contributed by atoms with Crippen LogP contribution >= 0.6 is 23.6 Å². The number of thiophene rings is 1. The number of rotatable bonds is 6. The van der Waals surface area contributed by atoms with Gasteiger partial charge in [-0.1, -0.05) is 30.3 Å². The van der Waals surface area contributed by atoms with Crippen molar-refractivity contribution < 1.29 is 9.18 Å². The van der Waals surface area contributed by atoms with Gasteiger partial charge in [-0.25, -0.2) is 9.37 Å². The van der Waals surface area contributed by atoms with Gasteiger partial charge in [0.15, 0.2) is 5.11 Å². The van der Waals surface area contributed by atoms with Crippen LogP contribution in [0, 0.1) is 5.82 Å². The number of fused-ring (bicyclic) bond motifs is 1. The molecule has 0 aliphatic carbocycles. The number of nitrogens with zero attached hydrogens (tertiary/aromatic N) is 4. The number of benzene rings is 2. The van der Waals surface area contributed by atoms with E-state index < -0.39 is 5.82 Å². The predicted octanol–water partition coefficient (Wildman–Crippen LogP) is 5.66. The van der Waals surface area contributed by atoms with E-state index in [-0.39, 0.29) is 17.4 Å². The summed E-state index contributed by atoms with van der Waals surface area (Å²) in [4.78, 5) is 24.0. The van der Waals surface area contributed by atoms with Crippen LogP contribution in [0.4, 0.5) is 21.5 Å². The zero-order chi connectivity index (χ0) is 25.9. The number of carbonyl (C=O) groups is 1. The smallest absolute Gasteiger partial charge is 0.230 e. The summed E-state index contributed by atoms with van der Waals surface area (Å²) in [7, 11) is 3.76. The number of nitrogens with one attached hydrogen (secondary N) is 2. The molecule has 0 saturated heterocycles. The third kappa shape index (κ3) is 5.35. The lowest BCUT2D eigenvalue weighted by Crippen LogP contribution is -2.35. The molecule has 2 aromatic carbocycles. The summed E-state index contributed by atoms with van der Waals surface area (Å²) in [5.41, 5.74) is 3.36. The highest BCUT2D eigenvalue weighted by molar-refractivity contribution is 7.80. The summed E-state index contributed by atoms with van der Waals surface area (Å²) in [5.74, 6) is 0.171. The topological polar surface area (TPSA) is 75.1 Å². The summed E-state index contributed by atoms with van der Waals surface area (Å²) in [6.07, 6.45) is 5.57. The van der Waals surface area contributed by atoms with Gasteiger partial charge in [-0.15, -0.1) is 11.3 Å². The third-order valence-corrected chi connectivity index (χ3v) is 7.17. The maximum Gasteiger partial charge on any atom is 0.230 e. The first-order valence-corrected chi connectivity index (χ1v) is 12.7. The second kappa shape index (κ2) is 10.5. The molecule has 5 aromatic rings. The number of imidazole rings is 1. The van der Waals surface area contributed by atoms with Crippen molar-refractivity contribution in [2.75, 3.05) is 17.3 Å². The lowest BCUT2D eigenvalue weighted by atomic mass is 10.1. The molecule has 3 aromatic heterocycles. The molecule has 0 fully saturated rings. The minimum Gasteiger partial charge on any atom is -0.341 e. The van der Waals surface area contributed by atoms with E-state index in [4.69, 9.17) is 12.2 Å². The molecule has 186 valence electrons. The molecule has 2 N–H and O–H groups in total. The lowest BCUT2D eigenvalue weighted by molar-refractivity contribution is -0.119. The van der Waals surface area contributed by atoms with Gasteiger partial charge in [0.1, 0.15) is 11.6 Å². The molecule has 0 atom stereocenters. The Labute approximate surface area is 222 Å². The van der Waals surface area contributed by atoms with Crippen LogP contribution in [-0.4, -0.2) is 32.6 Å². The molecule has 0 aliphatic heterocycles. The highest BCUT2D eigenvalue weighted by Gasteiger charge is 2.17. The van der Waals surface area contributed by atoms with Crippen LogP contribution in [-0.2, 0) is 18.3 Å². The number of pyridine rings is 1. The minimum absolute atomic E-state index is 0.109. The molecule has 7 nitrogen and oxygen atoms in total. The van der Waals surface area contributed by atoms with Gasteiger partial charge in [-0.3, -0.25) is 9.78 Å². The maximum atomic E-state index is 15.2. The van der Waals surface area contributed by atoms with Gasteiger partial charge in [0, 0.05) is 38.4 Å². The number of carbonyl (C=O) groups excluding carboxylic acids is 1. The highest BCUT2D eigenvalue weighted by atomic mass is 32.1. The highest BCUT2D eigenvalue weighted by Crippen LogP contribution is 2.39. The van der Waals surface area contributed by atoms with Crippen LogP contribution in [0.1, 0.15) is 5.56 Å². The molecule has 0 saturated carbocycles. The van der Waals surface area contributed by atoms with Crippen LogP contribution in [0.5, 0.6) is 0 Å². The molecule has 0 bridgehead atoms. The average Bonchev–Trinajstić information content (AvgIpc) is 3.49. The molecule has 5 rings (SSSR count). The minimum atomic E-state index is -0.434. The van der Waals surface area contributed by atoms with Gasteiger partial charge in [-0.05, 0) is 48.1 Å². The zero-order valence-electron chi connectivity index (χ0n) is 20.1. The van der Waals surface area contributed by atoms with Crippen molar-refractivity contribution in [3.63, 3.8) is 0 Å². The van der Waals surface area contributed by atoms with E-state index in [2.05, 4.69) is 20.6 Å². The first-order valence-electron chi connectivity index (χ1n) is 11.4. The standard InChI is InChI=1S/C27H23FN6OS2/c1-33-13-12-30-26(33)23-16-20-25(37-23)22(10-11-29-20)34(2)21-9-8-18(15-19(21)28)31-27(36)32-24(35)14-17-6-4-3-5-7-17/h3-13,15-16H,14H2,1-2H3,(H2,31,32,35,36). The Balaban J connectivity index is 1.31. The molecule has 0 unspecified atom stereocenters. The van der Waals surface area contributed by atoms with Gasteiger partial charge in [0.2, 0.25) is 5.91 Å². The fourth-order valence-electron chi connectivity index (χ4n) is 4.00. The Morgan fingerprint density at radius 2 is 1.89 bits per heavy atom. The van der Waals surface area contributed by atoms with E-state index in [0.717, 1.165) is 32.2 Å². The normalized spacial score (nSPS) is 10.9. The molecule has 3 heterocycles. The predicted molar refractivity (Wildman–Crippen MR) is 151 cm³/mol. The Morgan fingerprint density at radius 3 is 2.62 bits per heavy atom. The summed E-state index contributed by atoms with van der Waals surface area (Å²) in [6, 6.07) is 18.0. The van der Waals surface area contributed by atoms with Crippen LogP contribution < -0.4 is 15.5 Å². The lowest BCUT2D eigenvalue weighted by Gasteiger charge is -2.21. The number of hydrogen-bond acceptors (Lipinski definition) is 6. The first kappa shape index (κ1) is 24.5. The number of halogens is 1. The van der Waals surface area contributed by atoms with Crippen molar-refractivity contribution in [1.29, 1.82) is 0 Å². The molecule has 0 spiro atoms. The first-order chi connectivity index (χ1) is 17.9. The summed E-state index contributed by atoms with van der Waals surface area (Å²) >= 11 is 6.81. The molecule has 0 aliphatic rings. The van der Waals surface area contributed by atoms with Gasteiger partial charge in [0.25, 0.3) is 0 Å². The van der Waals surface area contributed by atoms with Crippen molar-refractivity contribution in [2.24, 2.45) is 7.05 Å². The molecule has 37 heavy (non-hydrogen) atoms. The largest absolute Gasteiger partial charge is 0.341 e. The maximum absolute atomic E-state index is 15.2. The molecular weight excluding hydrogens is 507 g/mol. The molecule has 10 heteroatoms. The average molecular weight is 531 g/mol. The quantitative estimate of drug-likeness (QED) is 0.276. The Hall–Kier alpha value is -4.15. The number of amides is 1. The SMILES string of the molecule is CN(c1ccc(NC(=S)NC(=O)Cc2ccccc2)cc1F)c1ccnc2cc(-c3nccn3C)sc12. The second-order valence-electron chi connectivity index (χ2n) is 8.41. The van der Waals surface area contributed by atoms with Crippen molar-refractivity contribution in [1.82, 2.24) is 19.9 Å². The zero-order valence-corrected chi connectivity index (χ0v) is 21.7. The van der Waals surface area contributed by atoms with Gasteiger partial charge in [0.05, 0.1) is 32.9 Å². The van der Waals surface area contributed by atoms with E-state index >= 15 is 4.39 Å². The summed E-state index contributed by atoms with van der Waals surface area (Å²) in [6.45, 7) is 0. The Bertz CT molecular complexity index is 1600.